The first-order valence-corrected chi connectivity index (χ1v) is 9.63. The minimum Gasteiger partial charge on any atom is -0.482 e. The van der Waals surface area contributed by atoms with Crippen molar-refractivity contribution in [1.82, 2.24) is 4.90 Å². The SMILES string of the molecule is C=CCN(Cc1cc(Br)ccc1F)C(=O)CN1C(=O)COc2ccc([N+](=O)[O-])cc21. The number of nitrogens with zero attached hydrogens (tertiary/aromatic N) is 3. The maximum atomic E-state index is 14.1. The van der Waals surface area contributed by atoms with E-state index in [0.717, 1.165) is 4.90 Å². The zero-order valence-corrected chi connectivity index (χ0v) is 17.3. The molecule has 0 saturated heterocycles. The van der Waals surface area contributed by atoms with Crippen LogP contribution >= 0.6 is 15.9 Å². The molecule has 30 heavy (non-hydrogen) atoms. The minimum absolute atomic E-state index is 0.0313. The van der Waals surface area contributed by atoms with Crippen LogP contribution in [0.1, 0.15) is 5.56 Å². The van der Waals surface area contributed by atoms with Gasteiger partial charge in [-0.3, -0.25) is 24.6 Å². The molecule has 0 bridgehead atoms. The molecule has 0 aliphatic carbocycles. The maximum absolute atomic E-state index is 14.1. The second kappa shape index (κ2) is 9.04. The molecule has 0 fully saturated rings. The van der Waals surface area contributed by atoms with Crippen LogP contribution in [0.5, 0.6) is 5.75 Å². The number of rotatable bonds is 7. The number of hydrogen-bond acceptors (Lipinski definition) is 5. The minimum atomic E-state index is -0.598. The van der Waals surface area contributed by atoms with E-state index in [4.69, 9.17) is 4.74 Å². The molecule has 2 aromatic rings. The largest absolute Gasteiger partial charge is 0.482 e. The van der Waals surface area contributed by atoms with Gasteiger partial charge in [-0.2, -0.15) is 0 Å². The van der Waals surface area contributed by atoms with E-state index < -0.39 is 22.6 Å². The van der Waals surface area contributed by atoms with Crippen LogP contribution in [-0.4, -0.2) is 41.3 Å². The number of halogens is 2. The number of nitro groups is 1. The number of amides is 2. The summed E-state index contributed by atoms with van der Waals surface area (Å²) in [6.45, 7) is 3.05. The van der Waals surface area contributed by atoms with Gasteiger partial charge in [-0.05, 0) is 24.3 Å². The predicted octanol–water partition coefficient (Wildman–Crippen LogP) is 3.44. The molecule has 1 aliphatic rings. The molecule has 0 radical (unpaired) electrons. The lowest BCUT2D eigenvalue weighted by atomic mass is 10.2. The number of carbonyl (C=O) groups excluding carboxylic acids is 2. The van der Waals surface area contributed by atoms with E-state index in [1.807, 2.05) is 0 Å². The fraction of sp³-hybridized carbons (Fsp3) is 0.200. The molecule has 0 aromatic heterocycles. The highest BCUT2D eigenvalue weighted by atomic mass is 79.9. The Kier molecular flexibility index (Phi) is 6.46. The highest BCUT2D eigenvalue weighted by molar-refractivity contribution is 9.10. The van der Waals surface area contributed by atoms with E-state index in [9.17, 15) is 24.1 Å². The number of nitro benzene ring substituents is 1. The number of carbonyl (C=O) groups is 2. The van der Waals surface area contributed by atoms with Gasteiger partial charge in [0, 0.05) is 35.3 Å². The number of fused-ring (bicyclic) bond motifs is 1. The normalized spacial score (nSPS) is 12.7. The Labute approximate surface area is 179 Å². The van der Waals surface area contributed by atoms with Gasteiger partial charge in [0.15, 0.2) is 6.61 Å². The first-order chi connectivity index (χ1) is 14.3. The Morgan fingerprint density at radius 1 is 1.37 bits per heavy atom. The fourth-order valence-corrected chi connectivity index (χ4v) is 3.40. The molecule has 2 aromatic carbocycles. The highest BCUT2D eigenvalue weighted by Gasteiger charge is 2.30. The third-order valence-electron chi connectivity index (χ3n) is 4.46. The van der Waals surface area contributed by atoms with Gasteiger partial charge in [0.05, 0.1) is 10.6 Å². The average Bonchev–Trinajstić information content (AvgIpc) is 2.71. The van der Waals surface area contributed by atoms with Crippen molar-refractivity contribution in [3.8, 4) is 5.75 Å². The first-order valence-electron chi connectivity index (χ1n) is 8.84. The van der Waals surface area contributed by atoms with Crippen molar-refractivity contribution in [2.45, 2.75) is 6.54 Å². The summed E-state index contributed by atoms with van der Waals surface area (Å²) in [7, 11) is 0. The van der Waals surface area contributed by atoms with Crippen molar-refractivity contribution in [3.05, 3.63) is 75.0 Å². The summed E-state index contributed by atoms with van der Waals surface area (Å²) < 4.78 is 20.1. The van der Waals surface area contributed by atoms with Gasteiger partial charge in [0.1, 0.15) is 18.1 Å². The van der Waals surface area contributed by atoms with Crippen LogP contribution < -0.4 is 9.64 Å². The van der Waals surface area contributed by atoms with Crippen molar-refractivity contribution < 1.29 is 23.6 Å². The summed E-state index contributed by atoms with van der Waals surface area (Å²) in [4.78, 5) is 38.3. The van der Waals surface area contributed by atoms with Crippen molar-refractivity contribution in [3.63, 3.8) is 0 Å². The number of non-ortho nitro benzene ring substituents is 1. The molecule has 0 saturated carbocycles. The van der Waals surface area contributed by atoms with Crippen LogP contribution in [0.15, 0.2) is 53.5 Å². The zero-order valence-electron chi connectivity index (χ0n) is 15.7. The molecule has 156 valence electrons. The van der Waals surface area contributed by atoms with E-state index >= 15 is 0 Å². The van der Waals surface area contributed by atoms with Gasteiger partial charge in [-0.15, -0.1) is 6.58 Å². The van der Waals surface area contributed by atoms with Gasteiger partial charge in [0.25, 0.3) is 11.6 Å². The van der Waals surface area contributed by atoms with Crippen LogP contribution in [0.2, 0.25) is 0 Å². The van der Waals surface area contributed by atoms with Crippen molar-refractivity contribution in [2.75, 3.05) is 24.6 Å². The monoisotopic (exact) mass is 477 g/mol. The highest BCUT2D eigenvalue weighted by Crippen LogP contribution is 2.35. The number of benzene rings is 2. The molecule has 0 N–H and O–H groups in total. The standard InChI is InChI=1S/C20H17BrFN3O5/c1-2-7-23(10-13-8-14(21)3-5-16(13)22)19(26)11-24-17-9-15(25(28)29)4-6-18(17)30-12-20(24)27/h2-6,8-9H,1,7,10-12H2. The summed E-state index contributed by atoms with van der Waals surface area (Å²) in [5.74, 6) is -1.18. The van der Waals surface area contributed by atoms with E-state index in [2.05, 4.69) is 22.5 Å². The summed E-state index contributed by atoms with van der Waals surface area (Å²) in [6, 6.07) is 8.23. The Balaban J connectivity index is 1.86. The lowest BCUT2D eigenvalue weighted by Gasteiger charge is -2.31. The van der Waals surface area contributed by atoms with Crippen molar-refractivity contribution >= 4 is 39.1 Å². The lowest BCUT2D eigenvalue weighted by molar-refractivity contribution is -0.384. The third kappa shape index (κ3) is 4.65. The lowest BCUT2D eigenvalue weighted by Crippen LogP contribution is -2.46. The summed E-state index contributed by atoms with van der Waals surface area (Å²) in [6.07, 6.45) is 1.49. The molecule has 0 spiro atoms. The van der Waals surface area contributed by atoms with Gasteiger partial charge in [-0.1, -0.05) is 22.0 Å². The summed E-state index contributed by atoms with van der Waals surface area (Å²) >= 11 is 3.27. The zero-order chi connectivity index (χ0) is 21.8. The number of hydrogen-bond donors (Lipinski definition) is 0. The average molecular weight is 478 g/mol. The molecular weight excluding hydrogens is 461 g/mol. The molecular formula is C20H17BrFN3O5. The van der Waals surface area contributed by atoms with Crippen molar-refractivity contribution in [2.24, 2.45) is 0 Å². The van der Waals surface area contributed by atoms with Gasteiger partial charge >= 0.3 is 0 Å². The van der Waals surface area contributed by atoms with Crippen LogP contribution in [-0.2, 0) is 16.1 Å². The first kappa shape index (κ1) is 21.4. The van der Waals surface area contributed by atoms with E-state index in [1.54, 1.807) is 12.1 Å². The second-order valence-electron chi connectivity index (χ2n) is 6.48. The molecule has 0 atom stereocenters. The Morgan fingerprint density at radius 3 is 2.83 bits per heavy atom. The molecule has 0 unspecified atom stereocenters. The maximum Gasteiger partial charge on any atom is 0.271 e. The molecule has 2 amide bonds. The quantitative estimate of drug-likeness (QED) is 0.346. The van der Waals surface area contributed by atoms with Crippen LogP contribution in [0, 0.1) is 15.9 Å². The Hall–Kier alpha value is -3.27. The predicted molar refractivity (Wildman–Crippen MR) is 111 cm³/mol. The third-order valence-corrected chi connectivity index (χ3v) is 4.95. The Bertz CT molecular complexity index is 1030. The number of anilines is 1. The van der Waals surface area contributed by atoms with Gasteiger partial charge < -0.3 is 9.64 Å². The summed E-state index contributed by atoms with van der Waals surface area (Å²) in [5, 5.41) is 11.1. The molecule has 8 nitrogen and oxygen atoms in total. The van der Waals surface area contributed by atoms with E-state index in [0.29, 0.717) is 10.0 Å². The van der Waals surface area contributed by atoms with E-state index in [-0.39, 0.29) is 43.4 Å². The second-order valence-corrected chi connectivity index (χ2v) is 7.39. The van der Waals surface area contributed by atoms with Crippen LogP contribution in [0.3, 0.4) is 0 Å². The van der Waals surface area contributed by atoms with Crippen LogP contribution in [0.4, 0.5) is 15.8 Å². The van der Waals surface area contributed by atoms with Crippen LogP contribution in [0.25, 0.3) is 0 Å². The van der Waals surface area contributed by atoms with Gasteiger partial charge in [0.2, 0.25) is 5.91 Å². The van der Waals surface area contributed by atoms with E-state index in [1.165, 1.54) is 35.2 Å². The smallest absolute Gasteiger partial charge is 0.271 e. The topological polar surface area (TPSA) is 93.0 Å². The molecule has 3 rings (SSSR count). The molecule has 10 heteroatoms. The number of ether oxygens (including phenoxy) is 1. The van der Waals surface area contributed by atoms with Gasteiger partial charge in [-0.25, -0.2) is 4.39 Å². The molecule has 1 heterocycles. The summed E-state index contributed by atoms with van der Waals surface area (Å²) in [5.41, 5.74) is 0.202. The molecule has 1 aliphatic heterocycles. The Morgan fingerprint density at radius 2 is 2.13 bits per heavy atom. The fourth-order valence-electron chi connectivity index (χ4n) is 2.99. The van der Waals surface area contributed by atoms with Crippen molar-refractivity contribution in [1.29, 1.82) is 0 Å².